The summed E-state index contributed by atoms with van der Waals surface area (Å²) in [5, 5.41) is 15.9. The minimum absolute atomic E-state index is 0.0300. The maximum Gasteiger partial charge on any atom is 0.255 e. The van der Waals surface area contributed by atoms with Crippen molar-refractivity contribution < 1.29 is 14.7 Å². The van der Waals surface area contributed by atoms with Crippen LogP contribution in [0.3, 0.4) is 0 Å². The Kier molecular flexibility index (Phi) is 5.26. The fraction of sp³-hybridized carbons (Fsp3) is 0.333. The van der Waals surface area contributed by atoms with Crippen LogP contribution in [0.15, 0.2) is 36.4 Å². The first kappa shape index (κ1) is 18.0. The van der Waals surface area contributed by atoms with E-state index in [0.717, 1.165) is 42.4 Å². The topological polar surface area (TPSA) is 78.4 Å². The SMILES string of the molecule is CC(=O)Nc1cccc(C(C)NC(=O)c2cc3c(cc2O)CCCC3)c1. The molecule has 0 fully saturated rings. The molecule has 3 N–H and O–H groups in total. The molecule has 1 atom stereocenters. The molecule has 1 aliphatic carbocycles. The van der Waals surface area contributed by atoms with Gasteiger partial charge in [0.2, 0.25) is 5.91 Å². The Morgan fingerprint density at radius 2 is 1.77 bits per heavy atom. The second-order valence-corrected chi connectivity index (χ2v) is 6.85. The van der Waals surface area contributed by atoms with Crippen molar-refractivity contribution in [3.8, 4) is 5.75 Å². The maximum absolute atomic E-state index is 12.7. The standard InChI is InChI=1S/C21H24N2O3/c1-13(15-8-5-9-18(10-15)23-14(2)24)22-21(26)19-11-16-6-3-4-7-17(16)12-20(19)25/h5,8-13,25H,3-4,6-7H2,1-2H3,(H,22,26)(H,23,24). The monoisotopic (exact) mass is 352 g/mol. The van der Waals surface area contributed by atoms with E-state index in [1.54, 1.807) is 12.1 Å². The van der Waals surface area contributed by atoms with Gasteiger partial charge in [0.25, 0.3) is 5.91 Å². The molecule has 0 bridgehead atoms. The second kappa shape index (κ2) is 7.60. The number of rotatable bonds is 4. The smallest absolute Gasteiger partial charge is 0.255 e. The van der Waals surface area contributed by atoms with E-state index >= 15 is 0 Å². The van der Waals surface area contributed by atoms with Gasteiger partial charge in [-0.1, -0.05) is 12.1 Å². The quantitative estimate of drug-likeness (QED) is 0.785. The molecule has 1 aliphatic rings. The highest BCUT2D eigenvalue weighted by Gasteiger charge is 2.19. The summed E-state index contributed by atoms with van der Waals surface area (Å²) in [5.41, 5.74) is 4.17. The number of phenols is 1. The number of phenolic OH excluding ortho intramolecular Hbond substituents is 1. The third-order valence-corrected chi connectivity index (χ3v) is 4.76. The molecule has 2 aromatic carbocycles. The van der Waals surface area contributed by atoms with E-state index in [-0.39, 0.29) is 23.6 Å². The molecule has 0 heterocycles. The number of hydrogen-bond acceptors (Lipinski definition) is 3. The average Bonchev–Trinajstić information content (AvgIpc) is 2.60. The minimum Gasteiger partial charge on any atom is -0.507 e. The molecule has 26 heavy (non-hydrogen) atoms. The first-order chi connectivity index (χ1) is 12.4. The Bertz CT molecular complexity index is 845. The van der Waals surface area contributed by atoms with Crippen molar-refractivity contribution in [3.05, 3.63) is 58.7 Å². The van der Waals surface area contributed by atoms with Crippen LogP contribution in [0.2, 0.25) is 0 Å². The molecule has 2 amide bonds. The molecule has 0 aliphatic heterocycles. The van der Waals surface area contributed by atoms with Gasteiger partial charge in [-0.25, -0.2) is 0 Å². The van der Waals surface area contributed by atoms with Crippen LogP contribution in [0.4, 0.5) is 5.69 Å². The van der Waals surface area contributed by atoms with Gasteiger partial charge in [-0.15, -0.1) is 0 Å². The summed E-state index contributed by atoms with van der Waals surface area (Å²) in [5.74, 6) is -0.409. The van der Waals surface area contributed by atoms with Crippen molar-refractivity contribution in [2.75, 3.05) is 5.32 Å². The molecule has 3 rings (SSSR count). The van der Waals surface area contributed by atoms with Crippen molar-refractivity contribution in [3.63, 3.8) is 0 Å². The number of hydrogen-bond donors (Lipinski definition) is 3. The molecular weight excluding hydrogens is 328 g/mol. The van der Waals surface area contributed by atoms with Crippen LogP contribution < -0.4 is 10.6 Å². The molecule has 136 valence electrons. The molecule has 0 aromatic heterocycles. The number of fused-ring (bicyclic) bond motifs is 1. The van der Waals surface area contributed by atoms with E-state index < -0.39 is 0 Å². The Morgan fingerprint density at radius 3 is 2.46 bits per heavy atom. The van der Waals surface area contributed by atoms with E-state index in [9.17, 15) is 14.7 Å². The third kappa shape index (κ3) is 4.04. The highest BCUT2D eigenvalue weighted by Crippen LogP contribution is 2.29. The Morgan fingerprint density at radius 1 is 1.08 bits per heavy atom. The van der Waals surface area contributed by atoms with Crippen LogP contribution in [0.5, 0.6) is 5.75 Å². The molecule has 2 aromatic rings. The molecule has 0 spiro atoms. The summed E-state index contributed by atoms with van der Waals surface area (Å²) in [6.07, 6.45) is 4.15. The zero-order valence-corrected chi connectivity index (χ0v) is 15.1. The van der Waals surface area contributed by atoms with Crippen LogP contribution in [-0.2, 0) is 17.6 Å². The largest absolute Gasteiger partial charge is 0.507 e. The lowest BCUT2D eigenvalue weighted by Crippen LogP contribution is -2.27. The van der Waals surface area contributed by atoms with Gasteiger partial charge in [0.15, 0.2) is 0 Å². The van der Waals surface area contributed by atoms with E-state index in [1.807, 2.05) is 31.2 Å². The molecule has 0 saturated heterocycles. The van der Waals surface area contributed by atoms with Gasteiger partial charge in [-0.05, 0) is 73.6 Å². The maximum atomic E-state index is 12.7. The molecule has 1 unspecified atom stereocenters. The molecule has 0 radical (unpaired) electrons. The fourth-order valence-corrected chi connectivity index (χ4v) is 3.40. The molecule has 5 heteroatoms. The first-order valence-electron chi connectivity index (χ1n) is 8.97. The lowest BCUT2D eigenvalue weighted by Gasteiger charge is -2.19. The van der Waals surface area contributed by atoms with Gasteiger partial charge < -0.3 is 15.7 Å². The third-order valence-electron chi connectivity index (χ3n) is 4.76. The Hall–Kier alpha value is -2.82. The average molecular weight is 352 g/mol. The summed E-state index contributed by atoms with van der Waals surface area (Å²) >= 11 is 0. The number of carbonyl (C=O) groups excluding carboxylic acids is 2. The number of aryl methyl sites for hydroxylation is 2. The van der Waals surface area contributed by atoms with Crippen molar-refractivity contribution in [1.82, 2.24) is 5.32 Å². The molecule has 0 saturated carbocycles. The molecular formula is C21H24N2O3. The summed E-state index contributed by atoms with van der Waals surface area (Å²) in [4.78, 5) is 23.9. The number of benzene rings is 2. The predicted molar refractivity (Wildman–Crippen MR) is 101 cm³/mol. The number of anilines is 1. The van der Waals surface area contributed by atoms with E-state index in [2.05, 4.69) is 10.6 Å². The predicted octanol–water partition coefficient (Wildman–Crippen LogP) is 3.72. The van der Waals surface area contributed by atoms with Crippen LogP contribution in [0.25, 0.3) is 0 Å². The van der Waals surface area contributed by atoms with Crippen LogP contribution in [0.1, 0.15) is 59.8 Å². The Balaban J connectivity index is 1.76. The first-order valence-corrected chi connectivity index (χ1v) is 8.97. The van der Waals surface area contributed by atoms with Crippen molar-refractivity contribution in [2.45, 2.75) is 45.6 Å². The van der Waals surface area contributed by atoms with Gasteiger partial charge in [-0.2, -0.15) is 0 Å². The van der Waals surface area contributed by atoms with Crippen molar-refractivity contribution in [1.29, 1.82) is 0 Å². The number of aromatic hydroxyl groups is 1. The van der Waals surface area contributed by atoms with E-state index in [4.69, 9.17) is 0 Å². The second-order valence-electron chi connectivity index (χ2n) is 6.85. The fourth-order valence-electron chi connectivity index (χ4n) is 3.40. The van der Waals surface area contributed by atoms with Gasteiger partial charge in [0.1, 0.15) is 5.75 Å². The van der Waals surface area contributed by atoms with Crippen LogP contribution >= 0.6 is 0 Å². The summed E-state index contributed by atoms with van der Waals surface area (Å²) in [7, 11) is 0. The van der Waals surface area contributed by atoms with Gasteiger partial charge in [0, 0.05) is 12.6 Å². The van der Waals surface area contributed by atoms with E-state index in [1.165, 1.54) is 6.92 Å². The van der Waals surface area contributed by atoms with Crippen LogP contribution in [-0.4, -0.2) is 16.9 Å². The highest BCUT2D eigenvalue weighted by atomic mass is 16.3. The van der Waals surface area contributed by atoms with Crippen molar-refractivity contribution >= 4 is 17.5 Å². The summed E-state index contributed by atoms with van der Waals surface area (Å²) in [6, 6.07) is 10.6. The van der Waals surface area contributed by atoms with Gasteiger partial charge >= 0.3 is 0 Å². The van der Waals surface area contributed by atoms with Crippen LogP contribution in [0, 0.1) is 0 Å². The van der Waals surface area contributed by atoms with E-state index in [0.29, 0.717) is 11.3 Å². The normalized spacial score (nSPS) is 14.2. The Labute approximate surface area is 153 Å². The summed E-state index contributed by atoms with van der Waals surface area (Å²) in [6.45, 7) is 3.33. The number of carbonyl (C=O) groups is 2. The van der Waals surface area contributed by atoms with Gasteiger partial charge in [0.05, 0.1) is 11.6 Å². The number of amides is 2. The number of nitrogens with one attached hydrogen (secondary N) is 2. The molecule has 5 nitrogen and oxygen atoms in total. The zero-order valence-electron chi connectivity index (χ0n) is 15.1. The highest BCUT2D eigenvalue weighted by molar-refractivity contribution is 5.97. The minimum atomic E-state index is -0.298. The lowest BCUT2D eigenvalue weighted by atomic mass is 9.89. The lowest BCUT2D eigenvalue weighted by molar-refractivity contribution is -0.114. The van der Waals surface area contributed by atoms with Crippen molar-refractivity contribution in [2.24, 2.45) is 0 Å². The summed E-state index contributed by atoms with van der Waals surface area (Å²) < 4.78 is 0. The van der Waals surface area contributed by atoms with Gasteiger partial charge in [-0.3, -0.25) is 9.59 Å². The zero-order chi connectivity index (χ0) is 18.7.